The third-order valence-corrected chi connectivity index (χ3v) is 13.6. The van der Waals surface area contributed by atoms with E-state index >= 15 is 0 Å². The van der Waals surface area contributed by atoms with Crippen molar-refractivity contribution in [2.45, 2.75) is 291 Å². The molecule has 0 unspecified atom stereocenters. The molecule has 0 atom stereocenters. The van der Waals surface area contributed by atoms with Gasteiger partial charge in [0.2, 0.25) is 0 Å². The molecule has 366 valence electrons. The first-order chi connectivity index (χ1) is 30.1. The summed E-state index contributed by atoms with van der Waals surface area (Å²) in [6.45, 7) is 14.8. The molecule has 1 heterocycles. The van der Waals surface area contributed by atoms with Crippen LogP contribution in [0, 0.1) is 17.8 Å². The summed E-state index contributed by atoms with van der Waals surface area (Å²) in [4.78, 5) is 19.4. The first kappa shape index (κ1) is 61.9. The summed E-state index contributed by atoms with van der Waals surface area (Å²) in [5.74, 6) is 2.84. The van der Waals surface area contributed by atoms with Gasteiger partial charge < -0.3 is 19.8 Å². The molecule has 1 saturated heterocycles. The molecule has 0 aromatic heterocycles. The van der Waals surface area contributed by atoms with Crippen molar-refractivity contribution < 1.29 is 24.5 Å². The summed E-state index contributed by atoms with van der Waals surface area (Å²) in [5, 5.41) is 13.8. The van der Waals surface area contributed by atoms with Gasteiger partial charge >= 0.3 is 0 Å². The molecule has 2 N–H and O–H groups in total. The topological polar surface area (TPSA) is 87.1 Å². The van der Waals surface area contributed by atoms with Crippen LogP contribution >= 0.6 is 0 Å². The Morgan fingerprint density at radius 3 is 0.918 bits per heavy atom. The van der Waals surface area contributed by atoms with Crippen molar-refractivity contribution in [2.75, 3.05) is 32.8 Å². The fourth-order valence-electron chi connectivity index (χ4n) is 9.76. The van der Waals surface area contributed by atoms with E-state index in [9.17, 15) is 0 Å². The quantitative estimate of drug-likeness (QED) is 0.0468. The first-order valence-corrected chi connectivity index (χ1v) is 27.5. The van der Waals surface area contributed by atoms with Crippen LogP contribution in [0.1, 0.15) is 291 Å². The standard InChI is InChI=1S/C53H107NO.2CH2O2/c1-5-9-27-38-51(39-28-10-6-2)42-31-23-19-15-13-17-21-25-33-44-53(50-55-49-37-48-54-46-35-36-47-54)45-34-26-22-18-14-16-20-24-32-43-52(40-29-11-7-3)41-30-12-8-4;2*2-1-3/h51-53H,5-50H2,1-4H3;2*1H,(H,2,3). The number of hydrogen-bond acceptors (Lipinski definition) is 4. The summed E-state index contributed by atoms with van der Waals surface area (Å²) >= 11 is 0. The van der Waals surface area contributed by atoms with E-state index in [0.29, 0.717) is 0 Å². The average molecular weight is 866 g/mol. The molecule has 0 amide bonds. The number of nitrogens with zero attached hydrogens (tertiary/aromatic N) is 1. The van der Waals surface area contributed by atoms with Crippen molar-refractivity contribution >= 4 is 12.9 Å². The second kappa shape index (κ2) is 55.0. The van der Waals surface area contributed by atoms with Gasteiger partial charge in [-0.15, -0.1) is 0 Å². The molecule has 1 rings (SSSR count). The van der Waals surface area contributed by atoms with Gasteiger partial charge in [-0.3, -0.25) is 9.59 Å². The van der Waals surface area contributed by atoms with Gasteiger partial charge in [-0.2, -0.15) is 0 Å². The lowest BCUT2D eigenvalue weighted by Gasteiger charge is -2.18. The van der Waals surface area contributed by atoms with E-state index in [2.05, 4.69) is 32.6 Å². The van der Waals surface area contributed by atoms with Gasteiger partial charge in [-0.25, -0.2) is 0 Å². The van der Waals surface area contributed by atoms with Gasteiger partial charge in [0.25, 0.3) is 12.9 Å². The average Bonchev–Trinajstić information content (AvgIpc) is 3.78. The predicted octanol–water partition coefficient (Wildman–Crippen LogP) is 17.6. The highest BCUT2D eigenvalue weighted by Crippen LogP contribution is 2.26. The minimum absolute atomic E-state index is 0.250. The van der Waals surface area contributed by atoms with Gasteiger partial charge in [0.1, 0.15) is 0 Å². The Kier molecular flexibility index (Phi) is 55.8. The number of hydrogen-bond donors (Lipinski definition) is 2. The predicted molar refractivity (Wildman–Crippen MR) is 267 cm³/mol. The van der Waals surface area contributed by atoms with Crippen molar-refractivity contribution in [3.63, 3.8) is 0 Å². The van der Waals surface area contributed by atoms with Crippen LogP contribution in [0.5, 0.6) is 0 Å². The molecule has 1 aliphatic rings. The summed E-state index contributed by atoms with van der Waals surface area (Å²) in [6.07, 6.45) is 59.4. The molecule has 0 aromatic rings. The molecule has 0 bridgehead atoms. The highest BCUT2D eigenvalue weighted by atomic mass is 16.5. The van der Waals surface area contributed by atoms with Crippen molar-refractivity contribution in [1.29, 1.82) is 0 Å². The first-order valence-electron chi connectivity index (χ1n) is 27.5. The Labute approximate surface area is 382 Å². The zero-order valence-electron chi connectivity index (χ0n) is 42.0. The van der Waals surface area contributed by atoms with Crippen LogP contribution in [-0.2, 0) is 14.3 Å². The number of rotatable bonds is 46. The maximum Gasteiger partial charge on any atom is 0.290 e. The second-order valence-electron chi connectivity index (χ2n) is 19.3. The second-order valence-corrected chi connectivity index (χ2v) is 19.3. The molecule has 0 saturated carbocycles. The molecular formula is C55H111NO5. The zero-order valence-corrected chi connectivity index (χ0v) is 42.0. The third kappa shape index (κ3) is 49.7. The molecule has 1 aliphatic heterocycles. The Morgan fingerprint density at radius 1 is 0.393 bits per heavy atom. The number of carboxylic acid groups (broad SMARTS) is 2. The number of ether oxygens (including phenoxy) is 1. The lowest BCUT2D eigenvalue weighted by atomic mass is 9.90. The number of likely N-dealkylation sites (tertiary alicyclic amines) is 1. The highest BCUT2D eigenvalue weighted by Gasteiger charge is 2.13. The Bertz CT molecular complexity index is 733. The minimum Gasteiger partial charge on any atom is -0.483 e. The van der Waals surface area contributed by atoms with E-state index in [1.165, 1.54) is 283 Å². The Balaban J connectivity index is 0. The lowest BCUT2D eigenvalue weighted by Crippen LogP contribution is -2.22. The smallest absolute Gasteiger partial charge is 0.290 e. The van der Waals surface area contributed by atoms with Crippen molar-refractivity contribution in [3.05, 3.63) is 0 Å². The maximum atomic E-state index is 8.36. The fraction of sp³-hybridized carbons (Fsp3) is 0.964. The van der Waals surface area contributed by atoms with Crippen LogP contribution in [0.4, 0.5) is 0 Å². The molecule has 0 aliphatic carbocycles. The molecule has 6 nitrogen and oxygen atoms in total. The van der Waals surface area contributed by atoms with Crippen LogP contribution in [0.2, 0.25) is 0 Å². The minimum atomic E-state index is -0.250. The normalized spacial score (nSPS) is 12.8. The highest BCUT2D eigenvalue weighted by molar-refractivity contribution is 5.33. The van der Waals surface area contributed by atoms with E-state index < -0.39 is 0 Å². The lowest BCUT2D eigenvalue weighted by molar-refractivity contribution is -0.123. The van der Waals surface area contributed by atoms with Gasteiger partial charge in [-0.05, 0) is 62.9 Å². The molecule has 0 spiro atoms. The van der Waals surface area contributed by atoms with Gasteiger partial charge in [0.15, 0.2) is 0 Å². The van der Waals surface area contributed by atoms with E-state index in [1.807, 2.05) is 0 Å². The summed E-state index contributed by atoms with van der Waals surface area (Å²) in [6, 6.07) is 0. The van der Waals surface area contributed by atoms with E-state index in [1.54, 1.807) is 0 Å². The molecular weight excluding hydrogens is 755 g/mol. The summed E-state index contributed by atoms with van der Waals surface area (Å²) in [7, 11) is 0. The van der Waals surface area contributed by atoms with Crippen LogP contribution in [0.15, 0.2) is 0 Å². The zero-order chi connectivity index (χ0) is 45.0. The molecule has 6 heteroatoms. The number of carbonyl (C=O) groups is 2. The molecule has 61 heavy (non-hydrogen) atoms. The SMILES string of the molecule is CCCCCC(CCCCC)CCCCCCCCCCCC(CCCCCCCCCCCC(CCCCC)CCCCC)COCCCN1CCCC1.O=CO.O=CO. The van der Waals surface area contributed by atoms with Gasteiger partial charge in [0.05, 0.1) is 0 Å². The monoisotopic (exact) mass is 866 g/mol. The van der Waals surface area contributed by atoms with E-state index in [-0.39, 0.29) is 12.9 Å². The van der Waals surface area contributed by atoms with E-state index in [0.717, 1.165) is 31.0 Å². The fourth-order valence-corrected chi connectivity index (χ4v) is 9.76. The molecule has 0 radical (unpaired) electrons. The van der Waals surface area contributed by atoms with Crippen LogP contribution in [0.3, 0.4) is 0 Å². The largest absolute Gasteiger partial charge is 0.483 e. The number of unbranched alkanes of at least 4 members (excludes halogenated alkanes) is 24. The van der Waals surface area contributed by atoms with Crippen LogP contribution in [0.25, 0.3) is 0 Å². The van der Waals surface area contributed by atoms with Gasteiger partial charge in [0, 0.05) is 19.8 Å². The van der Waals surface area contributed by atoms with Crippen LogP contribution < -0.4 is 0 Å². The Hall–Kier alpha value is -1.14. The summed E-state index contributed by atoms with van der Waals surface area (Å²) in [5.41, 5.74) is 0. The molecule has 1 fully saturated rings. The van der Waals surface area contributed by atoms with Crippen molar-refractivity contribution in [1.82, 2.24) is 4.90 Å². The summed E-state index contributed by atoms with van der Waals surface area (Å²) < 4.78 is 6.34. The van der Waals surface area contributed by atoms with Gasteiger partial charge in [-0.1, -0.05) is 259 Å². The van der Waals surface area contributed by atoms with Crippen LogP contribution in [-0.4, -0.2) is 60.9 Å². The Morgan fingerprint density at radius 2 is 0.639 bits per heavy atom. The van der Waals surface area contributed by atoms with Crippen molar-refractivity contribution in [3.8, 4) is 0 Å². The molecule has 0 aromatic carbocycles. The van der Waals surface area contributed by atoms with Crippen molar-refractivity contribution in [2.24, 2.45) is 17.8 Å². The third-order valence-electron chi connectivity index (χ3n) is 13.6. The maximum absolute atomic E-state index is 8.36. The van der Waals surface area contributed by atoms with E-state index in [4.69, 9.17) is 24.5 Å².